The van der Waals surface area contributed by atoms with Gasteiger partial charge in [-0.1, -0.05) is 39.8 Å². The standard InChI is InChI=1S/C24H36N2O2/c1-17(2)19-5-7-21(8-6-19)24(28)26-15-11-22(12-16-26)25-13-9-20(10-14-25)23(27)18(3)4/h5-8,17-18,20,22H,9-16H2,1-4H3. The highest BCUT2D eigenvalue weighted by Crippen LogP contribution is 2.26. The first-order valence-corrected chi connectivity index (χ1v) is 11.0. The van der Waals surface area contributed by atoms with E-state index < -0.39 is 0 Å². The molecule has 3 rings (SSSR count). The van der Waals surface area contributed by atoms with Crippen LogP contribution in [-0.2, 0) is 4.79 Å². The number of ketones is 1. The first kappa shape index (κ1) is 21.0. The maximum Gasteiger partial charge on any atom is 0.253 e. The maximum atomic E-state index is 12.8. The van der Waals surface area contributed by atoms with Crippen LogP contribution in [0.4, 0.5) is 0 Å². The van der Waals surface area contributed by atoms with E-state index in [9.17, 15) is 9.59 Å². The van der Waals surface area contributed by atoms with E-state index in [1.165, 1.54) is 5.56 Å². The summed E-state index contributed by atoms with van der Waals surface area (Å²) in [6.45, 7) is 12.1. The lowest BCUT2D eigenvalue weighted by atomic mass is 9.86. The number of carbonyl (C=O) groups is 2. The maximum absolute atomic E-state index is 12.8. The van der Waals surface area contributed by atoms with Crippen molar-refractivity contribution in [1.82, 2.24) is 9.80 Å². The van der Waals surface area contributed by atoms with E-state index in [0.717, 1.165) is 57.4 Å². The minimum absolute atomic E-state index is 0.153. The van der Waals surface area contributed by atoms with Crippen molar-refractivity contribution in [2.75, 3.05) is 26.2 Å². The lowest BCUT2D eigenvalue weighted by Crippen LogP contribution is -2.49. The smallest absolute Gasteiger partial charge is 0.253 e. The molecule has 0 saturated carbocycles. The third-order valence-electron chi connectivity index (χ3n) is 6.59. The predicted molar refractivity (Wildman–Crippen MR) is 114 cm³/mol. The molecule has 154 valence electrons. The minimum Gasteiger partial charge on any atom is -0.339 e. The molecule has 2 fully saturated rings. The van der Waals surface area contributed by atoms with E-state index in [4.69, 9.17) is 0 Å². The Morgan fingerprint density at radius 3 is 1.93 bits per heavy atom. The molecular weight excluding hydrogens is 348 g/mol. The molecule has 0 bridgehead atoms. The van der Waals surface area contributed by atoms with Crippen LogP contribution in [0.2, 0.25) is 0 Å². The molecule has 4 nitrogen and oxygen atoms in total. The third kappa shape index (κ3) is 4.83. The molecule has 4 heteroatoms. The molecule has 0 atom stereocenters. The van der Waals surface area contributed by atoms with Crippen LogP contribution in [0.5, 0.6) is 0 Å². The van der Waals surface area contributed by atoms with Gasteiger partial charge < -0.3 is 9.80 Å². The highest BCUT2D eigenvalue weighted by Gasteiger charge is 2.32. The normalized spacial score (nSPS) is 20.1. The lowest BCUT2D eigenvalue weighted by molar-refractivity contribution is -0.127. The highest BCUT2D eigenvalue weighted by molar-refractivity contribution is 5.94. The molecule has 0 aromatic heterocycles. The number of amides is 1. The van der Waals surface area contributed by atoms with Gasteiger partial charge in [0, 0.05) is 36.5 Å². The summed E-state index contributed by atoms with van der Waals surface area (Å²) in [6.07, 6.45) is 4.08. The van der Waals surface area contributed by atoms with E-state index in [-0.39, 0.29) is 17.7 Å². The molecule has 2 aliphatic rings. The van der Waals surface area contributed by atoms with Crippen molar-refractivity contribution in [3.05, 3.63) is 35.4 Å². The number of likely N-dealkylation sites (tertiary alicyclic amines) is 2. The van der Waals surface area contributed by atoms with Crippen molar-refractivity contribution in [3.8, 4) is 0 Å². The van der Waals surface area contributed by atoms with Gasteiger partial charge in [0.25, 0.3) is 5.91 Å². The van der Waals surface area contributed by atoms with Crippen LogP contribution in [0.25, 0.3) is 0 Å². The molecule has 1 aromatic rings. The van der Waals surface area contributed by atoms with Crippen LogP contribution >= 0.6 is 0 Å². The number of benzene rings is 1. The summed E-state index contributed by atoms with van der Waals surface area (Å²) in [5, 5.41) is 0. The average Bonchev–Trinajstić information content (AvgIpc) is 2.73. The number of rotatable bonds is 5. The van der Waals surface area contributed by atoms with E-state index >= 15 is 0 Å². The topological polar surface area (TPSA) is 40.6 Å². The van der Waals surface area contributed by atoms with Crippen molar-refractivity contribution >= 4 is 11.7 Å². The van der Waals surface area contributed by atoms with Gasteiger partial charge in [0.15, 0.2) is 0 Å². The highest BCUT2D eigenvalue weighted by atomic mass is 16.2. The zero-order chi connectivity index (χ0) is 20.3. The number of carbonyl (C=O) groups excluding carboxylic acids is 2. The van der Waals surface area contributed by atoms with Crippen molar-refractivity contribution in [2.24, 2.45) is 11.8 Å². The average molecular weight is 385 g/mol. The second-order valence-electron chi connectivity index (χ2n) is 9.17. The molecule has 0 unspecified atom stereocenters. The van der Waals surface area contributed by atoms with E-state index in [0.29, 0.717) is 17.7 Å². The van der Waals surface area contributed by atoms with Crippen molar-refractivity contribution < 1.29 is 9.59 Å². The Hall–Kier alpha value is -1.68. The fraction of sp³-hybridized carbons (Fsp3) is 0.667. The van der Waals surface area contributed by atoms with E-state index in [1.54, 1.807) is 0 Å². The molecule has 2 saturated heterocycles. The molecule has 1 amide bonds. The zero-order valence-electron chi connectivity index (χ0n) is 18.0. The summed E-state index contributed by atoms with van der Waals surface area (Å²) in [6, 6.07) is 8.66. The molecule has 0 N–H and O–H groups in total. The first-order valence-electron chi connectivity index (χ1n) is 11.0. The Labute approximate surface area is 170 Å². The quantitative estimate of drug-likeness (QED) is 0.758. The molecule has 1 aromatic carbocycles. The molecule has 0 spiro atoms. The summed E-state index contributed by atoms with van der Waals surface area (Å²) in [7, 11) is 0. The summed E-state index contributed by atoms with van der Waals surface area (Å²) in [5.74, 6) is 1.49. The van der Waals surface area contributed by atoms with Crippen LogP contribution in [0, 0.1) is 11.8 Å². The zero-order valence-corrected chi connectivity index (χ0v) is 18.0. The molecule has 0 radical (unpaired) electrons. The number of hydrogen-bond donors (Lipinski definition) is 0. The fourth-order valence-corrected chi connectivity index (χ4v) is 4.65. The van der Waals surface area contributed by atoms with Gasteiger partial charge in [0.05, 0.1) is 0 Å². The molecule has 2 aliphatic heterocycles. The van der Waals surface area contributed by atoms with Gasteiger partial charge in [-0.3, -0.25) is 9.59 Å². The van der Waals surface area contributed by atoms with Crippen LogP contribution in [0.3, 0.4) is 0 Å². The van der Waals surface area contributed by atoms with Gasteiger partial charge in [-0.2, -0.15) is 0 Å². The monoisotopic (exact) mass is 384 g/mol. The van der Waals surface area contributed by atoms with Gasteiger partial charge in [0.2, 0.25) is 0 Å². The molecule has 0 aliphatic carbocycles. The molecular formula is C24H36N2O2. The van der Waals surface area contributed by atoms with Gasteiger partial charge in [0.1, 0.15) is 5.78 Å². The van der Waals surface area contributed by atoms with Crippen LogP contribution in [0.1, 0.15) is 75.2 Å². The number of Topliss-reactive ketones (excluding diaryl/α,β-unsaturated/α-hetero) is 1. The Balaban J connectivity index is 1.48. The van der Waals surface area contributed by atoms with Crippen LogP contribution in [0.15, 0.2) is 24.3 Å². The third-order valence-corrected chi connectivity index (χ3v) is 6.59. The summed E-state index contributed by atoms with van der Waals surface area (Å²) < 4.78 is 0. The van der Waals surface area contributed by atoms with Crippen molar-refractivity contribution in [3.63, 3.8) is 0 Å². The van der Waals surface area contributed by atoms with Crippen molar-refractivity contribution in [1.29, 1.82) is 0 Å². The number of piperidine rings is 2. The Kier molecular flexibility index (Phi) is 6.92. The Morgan fingerprint density at radius 2 is 1.43 bits per heavy atom. The van der Waals surface area contributed by atoms with Gasteiger partial charge in [-0.25, -0.2) is 0 Å². The summed E-state index contributed by atoms with van der Waals surface area (Å²) in [5.41, 5.74) is 2.07. The lowest BCUT2D eigenvalue weighted by Gasteiger charge is -2.41. The largest absolute Gasteiger partial charge is 0.339 e. The predicted octanol–water partition coefficient (Wildman–Crippen LogP) is 4.35. The SMILES string of the molecule is CC(C)C(=O)C1CCN(C2CCN(C(=O)c3ccc(C(C)C)cc3)CC2)CC1. The molecule has 2 heterocycles. The fourth-order valence-electron chi connectivity index (χ4n) is 4.65. The van der Waals surface area contributed by atoms with Crippen LogP contribution < -0.4 is 0 Å². The number of nitrogens with zero attached hydrogens (tertiary/aromatic N) is 2. The van der Waals surface area contributed by atoms with Crippen molar-refractivity contribution in [2.45, 2.75) is 65.3 Å². The molecule has 28 heavy (non-hydrogen) atoms. The Morgan fingerprint density at radius 1 is 0.857 bits per heavy atom. The Bertz CT molecular complexity index is 664. The number of hydrogen-bond acceptors (Lipinski definition) is 3. The van der Waals surface area contributed by atoms with Crippen LogP contribution in [-0.4, -0.2) is 53.7 Å². The second kappa shape index (κ2) is 9.21. The van der Waals surface area contributed by atoms with E-state index in [1.807, 2.05) is 30.9 Å². The minimum atomic E-state index is 0.153. The first-order chi connectivity index (χ1) is 13.4. The van der Waals surface area contributed by atoms with Gasteiger partial charge in [-0.15, -0.1) is 0 Å². The second-order valence-corrected chi connectivity index (χ2v) is 9.17. The summed E-state index contributed by atoms with van der Waals surface area (Å²) in [4.78, 5) is 29.6. The van der Waals surface area contributed by atoms with Gasteiger partial charge in [-0.05, 0) is 62.4 Å². The summed E-state index contributed by atoms with van der Waals surface area (Å²) >= 11 is 0. The van der Waals surface area contributed by atoms with Gasteiger partial charge >= 0.3 is 0 Å². The van der Waals surface area contributed by atoms with E-state index in [2.05, 4.69) is 30.9 Å².